The summed E-state index contributed by atoms with van der Waals surface area (Å²) in [6.07, 6.45) is 0.840. The lowest BCUT2D eigenvalue weighted by molar-refractivity contribution is 0.415. The van der Waals surface area contributed by atoms with Crippen molar-refractivity contribution in [2.24, 2.45) is 5.73 Å². The molecule has 3 nitrogen and oxygen atoms in total. The summed E-state index contributed by atoms with van der Waals surface area (Å²) in [5.74, 6) is 0.857. The molecule has 0 saturated carbocycles. The zero-order chi connectivity index (χ0) is 12.3. The molecule has 0 aliphatic rings. The van der Waals surface area contributed by atoms with Crippen LogP contribution in [-0.2, 0) is 6.42 Å². The third-order valence-corrected chi connectivity index (χ3v) is 3.65. The van der Waals surface area contributed by atoms with Gasteiger partial charge in [-0.2, -0.15) is 0 Å². The molecule has 2 aromatic rings. The molecule has 17 heavy (non-hydrogen) atoms. The van der Waals surface area contributed by atoms with E-state index < -0.39 is 0 Å². The van der Waals surface area contributed by atoms with E-state index in [1.54, 1.807) is 18.4 Å². The summed E-state index contributed by atoms with van der Waals surface area (Å²) < 4.78 is 5.22. The van der Waals surface area contributed by atoms with E-state index >= 15 is 0 Å². The molecule has 0 radical (unpaired) electrons. The third kappa shape index (κ3) is 2.65. The molecule has 0 spiro atoms. The minimum absolute atomic E-state index is 0.641. The van der Waals surface area contributed by atoms with Crippen LogP contribution in [0.25, 0.3) is 10.6 Å². The molecule has 0 amide bonds. The largest absolute Gasteiger partial charge is 0.497 e. The van der Waals surface area contributed by atoms with Crippen molar-refractivity contribution in [2.75, 3.05) is 13.7 Å². The smallest absolute Gasteiger partial charge is 0.123 e. The van der Waals surface area contributed by atoms with E-state index in [9.17, 15) is 0 Å². The second-order valence-electron chi connectivity index (χ2n) is 3.79. The van der Waals surface area contributed by atoms with Gasteiger partial charge in [-0.3, -0.25) is 0 Å². The van der Waals surface area contributed by atoms with E-state index in [1.807, 2.05) is 24.3 Å². The predicted octanol–water partition coefficient (Wildman–Crippen LogP) is 2.63. The normalized spacial score (nSPS) is 10.5. The van der Waals surface area contributed by atoms with Crippen molar-refractivity contribution >= 4 is 11.3 Å². The molecule has 1 heterocycles. The van der Waals surface area contributed by atoms with Gasteiger partial charge in [0.25, 0.3) is 0 Å². The molecule has 0 saturated heterocycles. The number of hydrogen-bond acceptors (Lipinski definition) is 4. The highest BCUT2D eigenvalue weighted by Crippen LogP contribution is 2.29. The summed E-state index contributed by atoms with van der Waals surface area (Å²) >= 11 is 1.70. The van der Waals surface area contributed by atoms with Gasteiger partial charge >= 0.3 is 0 Å². The van der Waals surface area contributed by atoms with E-state index in [4.69, 9.17) is 10.5 Å². The van der Waals surface area contributed by atoms with Gasteiger partial charge in [0.05, 0.1) is 12.8 Å². The average molecular weight is 248 g/mol. The standard InChI is InChI=1S/C13H16N2OS/c1-9-12(6-7-14)15-13(17-9)10-4-3-5-11(8-10)16-2/h3-5,8H,6-7,14H2,1-2H3. The zero-order valence-electron chi connectivity index (χ0n) is 10.1. The number of methoxy groups -OCH3 is 1. The van der Waals surface area contributed by atoms with Crippen molar-refractivity contribution in [3.8, 4) is 16.3 Å². The molecule has 0 unspecified atom stereocenters. The first-order valence-corrected chi connectivity index (χ1v) is 6.37. The molecule has 0 aliphatic heterocycles. The molecule has 2 N–H and O–H groups in total. The lowest BCUT2D eigenvalue weighted by atomic mass is 10.2. The topological polar surface area (TPSA) is 48.1 Å². The number of nitrogens with zero attached hydrogens (tertiary/aromatic N) is 1. The molecule has 1 aromatic heterocycles. The molecular weight excluding hydrogens is 232 g/mol. The van der Waals surface area contributed by atoms with Crippen LogP contribution in [-0.4, -0.2) is 18.6 Å². The number of ether oxygens (including phenoxy) is 1. The van der Waals surface area contributed by atoms with Gasteiger partial charge in [0.2, 0.25) is 0 Å². The number of aromatic nitrogens is 1. The van der Waals surface area contributed by atoms with Gasteiger partial charge in [0, 0.05) is 16.9 Å². The highest BCUT2D eigenvalue weighted by Gasteiger charge is 2.09. The second kappa shape index (κ2) is 5.29. The van der Waals surface area contributed by atoms with Crippen LogP contribution in [0.2, 0.25) is 0 Å². The van der Waals surface area contributed by atoms with Crippen LogP contribution in [0.15, 0.2) is 24.3 Å². The number of rotatable bonds is 4. The van der Waals surface area contributed by atoms with Gasteiger partial charge < -0.3 is 10.5 Å². The van der Waals surface area contributed by atoms with E-state index in [1.165, 1.54) is 4.88 Å². The Morgan fingerprint density at radius 2 is 2.24 bits per heavy atom. The Morgan fingerprint density at radius 1 is 1.41 bits per heavy atom. The molecular formula is C13H16N2OS. The van der Waals surface area contributed by atoms with E-state index in [0.29, 0.717) is 6.54 Å². The average Bonchev–Trinajstić information content (AvgIpc) is 2.72. The van der Waals surface area contributed by atoms with Crippen LogP contribution in [0.1, 0.15) is 10.6 Å². The molecule has 1 aromatic carbocycles. The summed E-state index contributed by atoms with van der Waals surface area (Å²) in [6.45, 7) is 2.73. The van der Waals surface area contributed by atoms with E-state index in [0.717, 1.165) is 28.4 Å². The van der Waals surface area contributed by atoms with Crippen molar-refractivity contribution in [2.45, 2.75) is 13.3 Å². The highest BCUT2D eigenvalue weighted by atomic mass is 32.1. The molecule has 2 rings (SSSR count). The van der Waals surface area contributed by atoms with Crippen LogP contribution in [0, 0.1) is 6.92 Å². The van der Waals surface area contributed by atoms with Crippen LogP contribution < -0.4 is 10.5 Å². The third-order valence-electron chi connectivity index (χ3n) is 2.59. The quantitative estimate of drug-likeness (QED) is 0.904. The molecule has 0 atom stereocenters. The SMILES string of the molecule is COc1cccc(-c2nc(CCN)c(C)s2)c1. The maximum atomic E-state index is 5.57. The summed E-state index contributed by atoms with van der Waals surface area (Å²) in [4.78, 5) is 5.87. The van der Waals surface area contributed by atoms with Crippen molar-refractivity contribution < 1.29 is 4.74 Å². The number of nitrogens with two attached hydrogens (primary N) is 1. The first kappa shape index (κ1) is 12.1. The summed E-state index contributed by atoms with van der Waals surface area (Å²) in [5.41, 5.74) is 7.77. The highest BCUT2D eigenvalue weighted by molar-refractivity contribution is 7.15. The fourth-order valence-electron chi connectivity index (χ4n) is 1.68. The Kier molecular flexibility index (Phi) is 3.76. The Hall–Kier alpha value is -1.39. The van der Waals surface area contributed by atoms with Crippen LogP contribution in [0.4, 0.5) is 0 Å². The van der Waals surface area contributed by atoms with Crippen molar-refractivity contribution in [3.05, 3.63) is 34.8 Å². The lowest BCUT2D eigenvalue weighted by Gasteiger charge is -2.01. The first-order valence-electron chi connectivity index (χ1n) is 5.55. The monoisotopic (exact) mass is 248 g/mol. The minimum Gasteiger partial charge on any atom is -0.497 e. The van der Waals surface area contributed by atoms with E-state index in [-0.39, 0.29) is 0 Å². The zero-order valence-corrected chi connectivity index (χ0v) is 10.9. The summed E-state index contributed by atoms with van der Waals surface area (Å²) in [6, 6.07) is 7.97. The fraction of sp³-hybridized carbons (Fsp3) is 0.308. The Bertz CT molecular complexity index is 508. The van der Waals surface area contributed by atoms with Gasteiger partial charge in [-0.25, -0.2) is 4.98 Å². The maximum Gasteiger partial charge on any atom is 0.123 e. The number of aryl methyl sites for hydroxylation is 1. The van der Waals surface area contributed by atoms with Gasteiger partial charge in [-0.05, 0) is 25.6 Å². The van der Waals surface area contributed by atoms with Gasteiger partial charge in [-0.15, -0.1) is 11.3 Å². The molecule has 4 heteroatoms. The number of thiazole rings is 1. The molecule has 90 valence electrons. The summed E-state index contributed by atoms with van der Waals surface area (Å²) in [7, 11) is 1.67. The van der Waals surface area contributed by atoms with Gasteiger partial charge in [-0.1, -0.05) is 12.1 Å². The van der Waals surface area contributed by atoms with Crippen molar-refractivity contribution in [1.82, 2.24) is 4.98 Å². The van der Waals surface area contributed by atoms with Crippen LogP contribution in [0.5, 0.6) is 5.75 Å². The minimum atomic E-state index is 0.641. The maximum absolute atomic E-state index is 5.57. The van der Waals surface area contributed by atoms with Crippen molar-refractivity contribution in [3.63, 3.8) is 0 Å². The Balaban J connectivity index is 2.35. The van der Waals surface area contributed by atoms with Crippen molar-refractivity contribution in [1.29, 1.82) is 0 Å². The van der Waals surface area contributed by atoms with Crippen LogP contribution in [0.3, 0.4) is 0 Å². The molecule has 0 aliphatic carbocycles. The fourth-order valence-corrected chi connectivity index (χ4v) is 2.63. The first-order chi connectivity index (χ1) is 8.24. The number of benzene rings is 1. The molecule has 0 bridgehead atoms. The van der Waals surface area contributed by atoms with Crippen LogP contribution >= 0.6 is 11.3 Å². The number of hydrogen-bond donors (Lipinski definition) is 1. The Labute approximate surface area is 105 Å². The molecule has 0 fully saturated rings. The van der Waals surface area contributed by atoms with Gasteiger partial charge in [0.1, 0.15) is 10.8 Å². The Morgan fingerprint density at radius 3 is 2.94 bits per heavy atom. The van der Waals surface area contributed by atoms with E-state index in [2.05, 4.69) is 11.9 Å². The van der Waals surface area contributed by atoms with Gasteiger partial charge in [0.15, 0.2) is 0 Å². The lowest BCUT2D eigenvalue weighted by Crippen LogP contribution is -2.03. The summed E-state index contributed by atoms with van der Waals surface area (Å²) in [5, 5.41) is 1.03. The second-order valence-corrected chi connectivity index (χ2v) is 5.00. The predicted molar refractivity (Wildman–Crippen MR) is 71.6 cm³/mol.